The Kier molecular flexibility index (Phi) is 2.73. The molecule has 0 unspecified atom stereocenters. The van der Waals surface area contributed by atoms with Crippen molar-refractivity contribution in [3.63, 3.8) is 0 Å². The maximum absolute atomic E-state index is 13.0. The lowest BCUT2D eigenvalue weighted by Gasteiger charge is -2.09. The van der Waals surface area contributed by atoms with Gasteiger partial charge in [0.25, 0.3) is 0 Å². The number of rotatable bonds is 1. The fourth-order valence-electron chi connectivity index (χ4n) is 1.86. The van der Waals surface area contributed by atoms with E-state index in [0.717, 1.165) is 22.3 Å². The molecule has 16 heavy (non-hydrogen) atoms. The molecule has 2 heteroatoms. The van der Waals surface area contributed by atoms with E-state index in [4.69, 9.17) is 0 Å². The zero-order chi connectivity index (χ0) is 11.7. The Balaban J connectivity index is 2.59. The van der Waals surface area contributed by atoms with Crippen molar-refractivity contribution in [1.82, 2.24) is 0 Å². The monoisotopic (exact) mass is 218 g/mol. The summed E-state index contributed by atoms with van der Waals surface area (Å²) in [4.78, 5) is 0. The summed E-state index contributed by atoms with van der Waals surface area (Å²) in [5.74, 6) is -0.498. The van der Waals surface area contributed by atoms with Crippen LogP contribution in [0.2, 0.25) is 0 Å². The highest BCUT2D eigenvalue weighted by Crippen LogP contribution is 2.27. The predicted octanol–water partition coefficient (Wildman–Crippen LogP) is 4.25. The summed E-state index contributed by atoms with van der Waals surface area (Å²) in [5, 5.41) is 0. The van der Waals surface area contributed by atoms with Crippen molar-refractivity contribution in [2.45, 2.75) is 13.8 Å². The number of halogens is 2. The van der Waals surface area contributed by atoms with Crippen LogP contribution in [0.1, 0.15) is 11.1 Å². The fourth-order valence-corrected chi connectivity index (χ4v) is 1.86. The van der Waals surface area contributed by atoms with Crippen LogP contribution in [0.25, 0.3) is 11.1 Å². The largest absolute Gasteiger partial charge is 0.207 e. The van der Waals surface area contributed by atoms with Gasteiger partial charge in [-0.2, -0.15) is 0 Å². The quantitative estimate of drug-likeness (QED) is 0.671. The predicted molar refractivity (Wildman–Crippen MR) is 61.3 cm³/mol. The number of benzene rings is 2. The highest BCUT2D eigenvalue weighted by atomic mass is 19.1. The maximum Gasteiger partial charge on any atom is 0.123 e. The molecule has 0 saturated carbocycles. The third kappa shape index (κ3) is 1.96. The van der Waals surface area contributed by atoms with E-state index in [1.807, 2.05) is 13.8 Å². The molecule has 0 fully saturated rings. The van der Waals surface area contributed by atoms with Crippen LogP contribution in [-0.4, -0.2) is 0 Å². The second kappa shape index (κ2) is 4.05. The summed E-state index contributed by atoms with van der Waals surface area (Å²) in [6, 6.07) is 9.27. The third-order valence-corrected chi connectivity index (χ3v) is 2.67. The Morgan fingerprint density at radius 3 is 1.38 bits per heavy atom. The summed E-state index contributed by atoms with van der Waals surface area (Å²) in [6.45, 7) is 3.70. The minimum Gasteiger partial charge on any atom is -0.207 e. The number of hydrogen-bond donors (Lipinski definition) is 0. The van der Waals surface area contributed by atoms with Gasteiger partial charge >= 0.3 is 0 Å². The standard InChI is InChI=1S/C14H12F2/c1-9-7-11(15)3-5-13(9)14-6-4-12(16)8-10(14)2/h3-8H,1-2H3. The Labute approximate surface area is 93.5 Å². The number of hydrogen-bond acceptors (Lipinski definition) is 0. The van der Waals surface area contributed by atoms with Gasteiger partial charge in [0.2, 0.25) is 0 Å². The van der Waals surface area contributed by atoms with E-state index in [0.29, 0.717) is 0 Å². The van der Waals surface area contributed by atoms with Crippen LogP contribution in [0.15, 0.2) is 36.4 Å². The first kappa shape index (κ1) is 10.8. The van der Waals surface area contributed by atoms with E-state index in [1.165, 1.54) is 24.3 Å². The van der Waals surface area contributed by atoms with E-state index in [2.05, 4.69) is 0 Å². The van der Waals surface area contributed by atoms with Crippen molar-refractivity contribution >= 4 is 0 Å². The molecule has 0 aromatic heterocycles. The first-order valence-corrected chi connectivity index (χ1v) is 5.10. The molecule has 0 nitrogen and oxygen atoms in total. The minimum atomic E-state index is -0.249. The van der Waals surface area contributed by atoms with Crippen LogP contribution in [0.3, 0.4) is 0 Å². The number of aryl methyl sites for hydroxylation is 2. The van der Waals surface area contributed by atoms with Crippen molar-refractivity contribution in [2.24, 2.45) is 0 Å². The van der Waals surface area contributed by atoms with Crippen molar-refractivity contribution < 1.29 is 8.78 Å². The molecule has 0 amide bonds. The van der Waals surface area contributed by atoms with Crippen LogP contribution in [0.5, 0.6) is 0 Å². The molecule has 2 aromatic carbocycles. The Hall–Kier alpha value is -1.70. The highest BCUT2D eigenvalue weighted by molar-refractivity contribution is 5.70. The summed E-state index contributed by atoms with van der Waals surface area (Å²) < 4.78 is 25.9. The zero-order valence-electron chi connectivity index (χ0n) is 9.22. The van der Waals surface area contributed by atoms with E-state index in [9.17, 15) is 8.78 Å². The Morgan fingerprint density at radius 2 is 1.06 bits per heavy atom. The van der Waals surface area contributed by atoms with E-state index < -0.39 is 0 Å². The fraction of sp³-hybridized carbons (Fsp3) is 0.143. The van der Waals surface area contributed by atoms with E-state index >= 15 is 0 Å². The lowest BCUT2D eigenvalue weighted by Crippen LogP contribution is -1.89. The molecule has 0 radical (unpaired) electrons. The van der Waals surface area contributed by atoms with Crippen LogP contribution >= 0.6 is 0 Å². The molecular weight excluding hydrogens is 206 g/mol. The van der Waals surface area contributed by atoms with Gasteiger partial charge in [-0.15, -0.1) is 0 Å². The normalized spacial score (nSPS) is 10.5. The van der Waals surface area contributed by atoms with Crippen molar-refractivity contribution in [1.29, 1.82) is 0 Å². The summed E-state index contributed by atoms with van der Waals surface area (Å²) in [6.07, 6.45) is 0. The first-order valence-electron chi connectivity index (χ1n) is 5.10. The summed E-state index contributed by atoms with van der Waals surface area (Å²) in [5.41, 5.74) is 3.60. The smallest absolute Gasteiger partial charge is 0.123 e. The molecule has 0 aliphatic heterocycles. The molecule has 0 N–H and O–H groups in total. The molecule has 0 atom stereocenters. The van der Waals surface area contributed by atoms with Crippen molar-refractivity contribution in [2.75, 3.05) is 0 Å². The van der Waals surface area contributed by atoms with Gasteiger partial charge in [-0.05, 0) is 60.4 Å². The summed E-state index contributed by atoms with van der Waals surface area (Å²) >= 11 is 0. The molecule has 0 aliphatic carbocycles. The topological polar surface area (TPSA) is 0 Å². The van der Waals surface area contributed by atoms with Crippen molar-refractivity contribution in [3.05, 3.63) is 59.2 Å². The van der Waals surface area contributed by atoms with Gasteiger partial charge in [0.15, 0.2) is 0 Å². The van der Waals surface area contributed by atoms with Gasteiger partial charge in [-0.3, -0.25) is 0 Å². The zero-order valence-corrected chi connectivity index (χ0v) is 9.22. The highest BCUT2D eigenvalue weighted by Gasteiger charge is 2.06. The molecule has 2 aromatic rings. The van der Waals surface area contributed by atoms with Gasteiger partial charge in [0, 0.05) is 0 Å². The van der Waals surface area contributed by atoms with Gasteiger partial charge < -0.3 is 0 Å². The van der Waals surface area contributed by atoms with Crippen LogP contribution in [0.4, 0.5) is 8.78 Å². The molecular formula is C14H12F2. The van der Waals surface area contributed by atoms with Gasteiger partial charge in [-0.1, -0.05) is 12.1 Å². The molecule has 0 bridgehead atoms. The molecule has 0 saturated heterocycles. The van der Waals surface area contributed by atoms with Crippen molar-refractivity contribution in [3.8, 4) is 11.1 Å². The molecule has 82 valence electrons. The SMILES string of the molecule is Cc1cc(F)ccc1-c1ccc(F)cc1C. The van der Waals surface area contributed by atoms with Crippen LogP contribution < -0.4 is 0 Å². The van der Waals surface area contributed by atoms with Gasteiger partial charge in [-0.25, -0.2) is 8.78 Å². The van der Waals surface area contributed by atoms with Gasteiger partial charge in [0.1, 0.15) is 11.6 Å². The minimum absolute atomic E-state index is 0.249. The lowest BCUT2D eigenvalue weighted by atomic mass is 9.96. The van der Waals surface area contributed by atoms with Crippen LogP contribution in [0, 0.1) is 25.5 Å². The Bertz CT molecular complexity index is 481. The van der Waals surface area contributed by atoms with Gasteiger partial charge in [0.05, 0.1) is 0 Å². The summed E-state index contributed by atoms with van der Waals surface area (Å²) in [7, 11) is 0. The second-order valence-electron chi connectivity index (χ2n) is 3.92. The molecule has 0 heterocycles. The second-order valence-corrected chi connectivity index (χ2v) is 3.92. The molecule has 0 aliphatic rings. The van der Waals surface area contributed by atoms with Crippen LogP contribution in [-0.2, 0) is 0 Å². The molecule has 2 rings (SSSR count). The average molecular weight is 218 g/mol. The first-order chi connectivity index (χ1) is 7.58. The Morgan fingerprint density at radius 1 is 0.688 bits per heavy atom. The lowest BCUT2D eigenvalue weighted by molar-refractivity contribution is 0.625. The van der Waals surface area contributed by atoms with E-state index in [-0.39, 0.29) is 11.6 Å². The molecule has 0 spiro atoms. The third-order valence-electron chi connectivity index (χ3n) is 2.67. The average Bonchev–Trinajstić information content (AvgIpc) is 2.19. The maximum atomic E-state index is 13.0. The van der Waals surface area contributed by atoms with E-state index in [1.54, 1.807) is 12.1 Å².